The molecular formula is C22H25N7O9. The van der Waals surface area contributed by atoms with E-state index in [1.807, 2.05) is 0 Å². The van der Waals surface area contributed by atoms with Crippen LogP contribution in [0.1, 0.15) is 30.4 Å². The van der Waals surface area contributed by atoms with E-state index in [1.54, 1.807) is 13.8 Å². The van der Waals surface area contributed by atoms with Crippen LogP contribution in [0.3, 0.4) is 0 Å². The number of carbonyl (C=O) groups is 2. The lowest BCUT2D eigenvalue weighted by atomic mass is 10.1. The van der Waals surface area contributed by atoms with E-state index in [4.69, 9.17) is 14.2 Å². The van der Waals surface area contributed by atoms with E-state index in [-0.39, 0.29) is 47.3 Å². The van der Waals surface area contributed by atoms with Crippen LogP contribution in [0.25, 0.3) is 17.1 Å². The molecule has 3 aromatic heterocycles. The van der Waals surface area contributed by atoms with Gasteiger partial charge in [-0.3, -0.25) is 4.57 Å². The highest BCUT2D eigenvalue weighted by molar-refractivity contribution is 6.10. The molecule has 16 nitrogen and oxygen atoms in total. The molecule has 0 aromatic carbocycles. The standard InChI is InChI=1S/C22H25N7O9/c1-3-36-20(34)11-6-25-29(7-11)22-26-17(23-5-12(8-30)21(35)37-4-2)14-18(27-22)28(10-24-14)19-16(33)15(32)13(9-31)38-19/h5-8,10,13,15-16,19,30-33H,3-4,9H2,1-2H3/t13-,15-,16-,19-/m1/s1. The van der Waals surface area contributed by atoms with Gasteiger partial charge in [-0.05, 0) is 13.8 Å². The number of imidazole rings is 1. The van der Waals surface area contributed by atoms with E-state index in [2.05, 4.69) is 25.0 Å². The van der Waals surface area contributed by atoms with E-state index < -0.39 is 43.1 Å². The number of aliphatic hydroxyl groups excluding tert-OH is 4. The first-order chi connectivity index (χ1) is 18.3. The Bertz CT molecular complexity index is 1380. The number of aromatic nitrogens is 6. The molecule has 0 bridgehead atoms. The minimum absolute atomic E-state index is 0.0722. The molecule has 4 heterocycles. The van der Waals surface area contributed by atoms with Crippen molar-refractivity contribution in [2.45, 2.75) is 38.4 Å². The highest BCUT2D eigenvalue weighted by Crippen LogP contribution is 2.33. The van der Waals surface area contributed by atoms with Gasteiger partial charge >= 0.3 is 11.9 Å². The van der Waals surface area contributed by atoms with Crippen molar-refractivity contribution in [3.05, 3.63) is 36.1 Å². The van der Waals surface area contributed by atoms with Gasteiger partial charge in [-0.25, -0.2) is 24.2 Å². The third-order valence-corrected chi connectivity index (χ3v) is 5.46. The van der Waals surface area contributed by atoms with Gasteiger partial charge in [0.25, 0.3) is 5.95 Å². The summed E-state index contributed by atoms with van der Waals surface area (Å²) in [7, 11) is 0. The molecule has 4 atom stereocenters. The Labute approximate surface area is 214 Å². The van der Waals surface area contributed by atoms with Crippen molar-refractivity contribution >= 4 is 35.1 Å². The molecule has 1 aliphatic heterocycles. The number of ether oxygens (including phenoxy) is 3. The second-order valence-corrected chi connectivity index (χ2v) is 7.86. The largest absolute Gasteiger partial charge is 0.515 e. The predicted molar refractivity (Wildman–Crippen MR) is 127 cm³/mol. The van der Waals surface area contributed by atoms with Crippen LogP contribution in [0.15, 0.2) is 35.5 Å². The van der Waals surface area contributed by atoms with Crippen LogP contribution < -0.4 is 0 Å². The number of fused-ring (bicyclic) bond motifs is 1. The van der Waals surface area contributed by atoms with Crippen molar-refractivity contribution in [3.8, 4) is 5.95 Å². The van der Waals surface area contributed by atoms with Crippen LogP contribution >= 0.6 is 0 Å². The van der Waals surface area contributed by atoms with Crippen molar-refractivity contribution in [3.63, 3.8) is 0 Å². The SMILES string of the molecule is CCOC(=O)C(C=Nc1nc(-n2cc(C(=O)OCC)cn2)nc2c1ncn2[C@@H]1O[C@H](CO)[C@@H](O)[C@H]1O)=CO. The maximum Gasteiger partial charge on any atom is 0.342 e. The fourth-order valence-electron chi connectivity index (χ4n) is 3.61. The minimum Gasteiger partial charge on any atom is -0.515 e. The average Bonchev–Trinajstić information content (AvgIpc) is 3.63. The Morgan fingerprint density at radius 3 is 2.61 bits per heavy atom. The molecule has 0 amide bonds. The van der Waals surface area contributed by atoms with Gasteiger partial charge in [0, 0.05) is 12.4 Å². The number of carbonyl (C=O) groups excluding carboxylic acids is 2. The monoisotopic (exact) mass is 531 g/mol. The van der Waals surface area contributed by atoms with Gasteiger partial charge in [0.1, 0.15) is 23.9 Å². The first-order valence-electron chi connectivity index (χ1n) is 11.5. The van der Waals surface area contributed by atoms with Gasteiger partial charge in [0.15, 0.2) is 23.2 Å². The number of rotatable bonds is 9. The average molecular weight is 531 g/mol. The van der Waals surface area contributed by atoms with Crippen molar-refractivity contribution in [1.82, 2.24) is 29.3 Å². The fourth-order valence-corrected chi connectivity index (χ4v) is 3.61. The highest BCUT2D eigenvalue weighted by Gasteiger charge is 2.44. The lowest BCUT2D eigenvalue weighted by Crippen LogP contribution is -2.33. The Hall–Kier alpha value is -4.25. The first-order valence-corrected chi connectivity index (χ1v) is 11.5. The third kappa shape index (κ3) is 5.10. The topological polar surface area (TPSA) is 217 Å². The zero-order valence-corrected chi connectivity index (χ0v) is 20.3. The smallest absolute Gasteiger partial charge is 0.342 e. The maximum atomic E-state index is 12.1. The number of esters is 2. The number of aliphatic hydroxyl groups is 4. The molecule has 1 fully saturated rings. The van der Waals surface area contributed by atoms with Crippen LogP contribution in [0.5, 0.6) is 0 Å². The van der Waals surface area contributed by atoms with Crippen LogP contribution in [-0.4, -0.2) is 106 Å². The van der Waals surface area contributed by atoms with Gasteiger partial charge in [0.2, 0.25) is 0 Å². The molecule has 16 heteroatoms. The summed E-state index contributed by atoms with van der Waals surface area (Å²) in [5.41, 5.74) is 0.0367. The number of nitrogens with zero attached hydrogens (tertiary/aromatic N) is 7. The lowest BCUT2D eigenvalue weighted by Gasteiger charge is -2.16. The summed E-state index contributed by atoms with van der Waals surface area (Å²) in [5, 5.41) is 43.7. The van der Waals surface area contributed by atoms with Gasteiger partial charge in [-0.2, -0.15) is 15.1 Å². The molecule has 1 saturated heterocycles. The number of aliphatic imine (C=N–C) groups is 1. The van der Waals surface area contributed by atoms with Gasteiger partial charge in [-0.1, -0.05) is 0 Å². The zero-order chi connectivity index (χ0) is 27.4. The van der Waals surface area contributed by atoms with Gasteiger partial charge in [-0.15, -0.1) is 0 Å². The van der Waals surface area contributed by atoms with E-state index in [1.165, 1.54) is 28.0 Å². The van der Waals surface area contributed by atoms with E-state index >= 15 is 0 Å². The molecule has 0 unspecified atom stereocenters. The van der Waals surface area contributed by atoms with Crippen molar-refractivity contribution in [2.24, 2.45) is 4.99 Å². The van der Waals surface area contributed by atoms with Crippen LogP contribution in [0.2, 0.25) is 0 Å². The van der Waals surface area contributed by atoms with Crippen molar-refractivity contribution in [2.75, 3.05) is 19.8 Å². The summed E-state index contributed by atoms with van der Waals surface area (Å²) in [6.45, 7) is 2.96. The van der Waals surface area contributed by atoms with E-state index in [0.717, 1.165) is 6.21 Å². The van der Waals surface area contributed by atoms with Gasteiger partial charge < -0.3 is 34.6 Å². The highest BCUT2D eigenvalue weighted by atomic mass is 16.6. The maximum absolute atomic E-state index is 12.1. The Morgan fingerprint density at radius 1 is 1.18 bits per heavy atom. The second-order valence-electron chi connectivity index (χ2n) is 7.86. The van der Waals surface area contributed by atoms with Gasteiger partial charge in [0.05, 0.1) is 44.2 Å². The molecule has 1 aliphatic rings. The fraction of sp³-hybridized carbons (Fsp3) is 0.409. The minimum atomic E-state index is -1.43. The summed E-state index contributed by atoms with van der Waals surface area (Å²) >= 11 is 0. The molecule has 0 saturated carbocycles. The number of hydrogen-bond donors (Lipinski definition) is 4. The normalized spacial score (nSPS) is 21.9. The summed E-state index contributed by atoms with van der Waals surface area (Å²) in [6, 6.07) is 0. The summed E-state index contributed by atoms with van der Waals surface area (Å²) in [5.74, 6) is -1.60. The molecule has 4 N–H and O–H groups in total. The molecule has 202 valence electrons. The van der Waals surface area contributed by atoms with Crippen LogP contribution in [-0.2, 0) is 19.0 Å². The molecule has 38 heavy (non-hydrogen) atoms. The van der Waals surface area contributed by atoms with E-state index in [0.29, 0.717) is 6.26 Å². The Kier molecular flexibility index (Phi) is 8.06. The van der Waals surface area contributed by atoms with Crippen molar-refractivity contribution < 1.29 is 44.2 Å². The van der Waals surface area contributed by atoms with Crippen LogP contribution in [0.4, 0.5) is 5.82 Å². The summed E-state index contributed by atoms with van der Waals surface area (Å²) < 4.78 is 17.9. The summed E-state index contributed by atoms with van der Waals surface area (Å²) in [6.07, 6.45) is 0.369. The molecular weight excluding hydrogens is 506 g/mol. The zero-order valence-electron chi connectivity index (χ0n) is 20.3. The van der Waals surface area contributed by atoms with E-state index in [9.17, 15) is 30.0 Å². The first kappa shape index (κ1) is 26.8. The Morgan fingerprint density at radius 2 is 1.95 bits per heavy atom. The molecule has 0 spiro atoms. The third-order valence-electron chi connectivity index (χ3n) is 5.46. The quantitative estimate of drug-likeness (QED) is 0.119. The molecule has 0 aliphatic carbocycles. The molecule has 3 aromatic rings. The lowest BCUT2D eigenvalue weighted by molar-refractivity contribution is -0.137. The molecule has 4 rings (SSSR count). The van der Waals surface area contributed by atoms with Crippen molar-refractivity contribution in [1.29, 1.82) is 0 Å². The predicted octanol–water partition coefficient (Wildman–Crippen LogP) is -0.492. The second kappa shape index (κ2) is 11.4. The number of hydrogen-bond acceptors (Lipinski definition) is 14. The summed E-state index contributed by atoms with van der Waals surface area (Å²) in [4.78, 5) is 41.3. The Balaban J connectivity index is 1.82. The van der Waals surface area contributed by atoms with Crippen LogP contribution in [0, 0.1) is 0 Å². The molecule has 0 radical (unpaired) electrons.